The van der Waals surface area contributed by atoms with Crippen molar-refractivity contribution >= 4 is 0 Å². The third-order valence-electron chi connectivity index (χ3n) is 3.56. The molecule has 0 amide bonds. The van der Waals surface area contributed by atoms with E-state index in [2.05, 4.69) is 47.6 Å². The fourth-order valence-electron chi connectivity index (χ4n) is 2.38. The summed E-state index contributed by atoms with van der Waals surface area (Å²) in [6.07, 6.45) is 6.62. The Morgan fingerprint density at radius 1 is 1.15 bits per heavy atom. The predicted octanol–water partition coefficient (Wildman–Crippen LogP) is 3.24. The maximum Gasteiger partial charge on any atom is 0.119 e. The van der Waals surface area contributed by atoms with E-state index >= 15 is 0 Å². The number of nitrogens with one attached hydrogen (secondary N) is 1. The van der Waals surface area contributed by atoms with E-state index in [1.165, 1.54) is 29.5 Å². The van der Waals surface area contributed by atoms with Crippen LogP contribution in [0.5, 0.6) is 5.75 Å². The molecule has 1 aromatic carbocycles. The van der Waals surface area contributed by atoms with Crippen LogP contribution in [0.4, 0.5) is 0 Å². The van der Waals surface area contributed by atoms with Crippen LogP contribution in [0.3, 0.4) is 0 Å². The maximum absolute atomic E-state index is 5.79. The van der Waals surface area contributed by atoms with Crippen molar-refractivity contribution in [3.8, 4) is 5.75 Å². The van der Waals surface area contributed by atoms with Crippen molar-refractivity contribution < 1.29 is 4.74 Å². The molecule has 3 heteroatoms. The molecule has 1 aliphatic carbocycles. The van der Waals surface area contributed by atoms with Crippen LogP contribution in [0.2, 0.25) is 0 Å². The summed E-state index contributed by atoms with van der Waals surface area (Å²) in [5, 5.41) is 3.35. The van der Waals surface area contributed by atoms with Gasteiger partial charge in [0.05, 0.1) is 12.1 Å². The quantitative estimate of drug-likeness (QED) is 0.904. The fourth-order valence-corrected chi connectivity index (χ4v) is 2.38. The molecule has 1 saturated carbocycles. The molecule has 1 heterocycles. The van der Waals surface area contributed by atoms with Crippen molar-refractivity contribution in [3.63, 3.8) is 0 Å². The highest BCUT2D eigenvalue weighted by Crippen LogP contribution is 2.28. The van der Waals surface area contributed by atoms with Gasteiger partial charge in [-0.3, -0.25) is 4.98 Å². The van der Waals surface area contributed by atoms with Crippen molar-refractivity contribution in [1.29, 1.82) is 0 Å². The van der Waals surface area contributed by atoms with E-state index in [4.69, 9.17) is 4.74 Å². The molecule has 1 unspecified atom stereocenters. The van der Waals surface area contributed by atoms with Crippen LogP contribution in [-0.4, -0.2) is 18.1 Å². The van der Waals surface area contributed by atoms with Gasteiger partial charge in [0.15, 0.2) is 0 Å². The third kappa shape index (κ3) is 2.99. The number of hydrogen-bond acceptors (Lipinski definition) is 3. The minimum atomic E-state index is 0.164. The standard InChI is InChI=1S/C17H20N2O/c1-12-9-14(11-19-10-12)17(18-2)13-3-5-15(6-4-13)20-16-7-8-16/h3-6,9-11,16-18H,7-8H2,1-2H3. The molecule has 1 fully saturated rings. The van der Waals surface area contributed by atoms with Crippen LogP contribution in [-0.2, 0) is 0 Å². The van der Waals surface area contributed by atoms with Gasteiger partial charge in [-0.2, -0.15) is 0 Å². The Labute approximate surface area is 120 Å². The van der Waals surface area contributed by atoms with Gasteiger partial charge >= 0.3 is 0 Å². The highest BCUT2D eigenvalue weighted by atomic mass is 16.5. The maximum atomic E-state index is 5.79. The fraction of sp³-hybridized carbons (Fsp3) is 0.353. The Bertz CT molecular complexity index is 576. The molecule has 1 N–H and O–H groups in total. The average Bonchev–Trinajstić information content (AvgIpc) is 3.26. The predicted molar refractivity (Wildman–Crippen MR) is 80.0 cm³/mol. The number of hydrogen-bond donors (Lipinski definition) is 1. The first-order valence-electron chi connectivity index (χ1n) is 7.11. The molecule has 1 aromatic heterocycles. The molecule has 3 nitrogen and oxygen atoms in total. The zero-order valence-corrected chi connectivity index (χ0v) is 12.0. The topological polar surface area (TPSA) is 34.1 Å². The minimum Gasteiger partial charge on any atom is -0.490 e. The smallest absolute Gasteiger partial charge is 0.119 e. The van der Waals surface area contributed by atoms with Crippen LogP contribution < -0.4 is 10.1 Å². The van der Waals surface area contributed by atoms with Crippen LogP contribution in [0, 0.1) is 6.92 Å². The van der Waals surface area contributed by atoms with E-state index in [0.717, 1.165) is 5.75 Å². The summed E-state index contributed by atoms with van der Waals surface area (Å²) in [5.41, 5.74) is 3.59. The zero-order valence-electron chi connectivity index (χ0n) is 12.0. The second-order valence-corrected chi connectivity index (χ2v) is 5.40. The molecule has 0 bridgehead atoms. The van der Waals surface area contributed by atoms with E-state index in [0.29, 0.717) is 6.10 Å². The van der Waals surface area contributed by atoms with Crippen molar-refractivity contribution in [3.05, 3.63) is 59.4 Å². The summed E-state index contributed by atoms with van der Waals surface area (Å²) in [4.78, 5) is 4.28. The van der Waals surface area contributed by atoms with Gasteiger partial charge in [-0.05, 0) is 55.6 Å². The van der Waals surface area contributed by atoms with Crippen LogP contribution >= 0.6 is 0 Å². The lowest BCUT2D eigenvalue weighted by molar-refractivity contribution is 0.303. The second kappa shape index (κ2) is 5.63. The Balaban J connectivity index is 1.81. The number of aryl methyl sites for hydroxylation is 1. The van der Waals surface area contributed by atoms with E-state index < -0.39 is 0 Å². The molecule has 0 saturated heterocycles. The number of aromatic nitrogens is 1. The highest BCUT2D eigenvalue weighted by molar-refractivity contribution is 5.35. The zero-order chi connectivity index (χ0) is 13.9. The molecular weight excluding hydrogens is 248 g/mol. The van der Waals surface area contributed by atoms with Gasteiger partial charge in [0.25, 0.3) is 0 Å². The van der Waals surface area contributed by atoms with Crippen molar-refractivity contribution in [1.82, 2.24) is 10.3 Å². The third-order valence-corrected chi connectivity index (χ3v) is 3.56. The van der Waals surface area contributed by atoms with Gasteiger partial charge in [0, 0.05) is 12.4 Å². The molecule has 0 radical (unpaired) electrons. The molecule has 2 aromatic rings. The molecule has 1 atom stereocenters. The number of pyridine rings is 1. The summed E-state index contributed by atoms with van der Waals surface area (Å²) >= 11 is 0. The van der Waals surface area contributed by atoms with Crippen LogP contribution in [0.15, 0.2) is 42.7 Å². The number of benzene rings is 1. The van der Waals surface area contributed by atoms with Crippen LogP contribution in [0.25, 0.3) is 0 Å². The first-order chi connectivity index (χ1) is 9.76. The Kier molecular flexibility index (Phi) is 3.70. The first-order valence-corrected chi connectivity index (χ1v) is 7.11. The van der Waals surface area contributed by atoms with Crippen molar-refractivity contribution in [2.24, 2.45) is 0 Å². The molecule has 3 rings (SSSR count). The lowest BCUT2D eigenvalue weighted by Crippen LogP contribution is -2.17. The largest absolute Gasteiger partial charge is 0.490 e. The molecule has 20 heavy (non-hydrogen) atoms. The first kappa shape index (κ1) is 13.1. The Hall–Kier alpha value is -1.87. The highest BCUT2D eigenvalue weighted by Gasteiger charge is 2.23. The van der Waals surface area contributed by atoms with Crippen LogP contribution in [0.1, 0.15) is 35.6 Å². The summed E-state index contributed by atoms with van der Waals surface area (Å²) < 4.78 is 5.79. The van der Waals surface area contributed by atoms with Crippen molar-refractivity contribution in [2.75, 3.05) is 7.05 Å². The SMILES string of the molecule is CNC(c1ccc(OC2CC2)cc1)c1cncc(C)c1. The van der Waals surface area contributed by atoms with Gasteiger partial charge in [-0.1, -0.05) is 18.2 Å². The van der Waals surface area contributed by atoms with Crippen molar-refractivity contribution in [2.45, 2.75) is 31.9 Å². The summed E-state index contributed by atoms with van der Waals surface area (Å²) in [5.74, 6) is 0.966. The second-order valence-electron chi connectivity index (χ2n) is 5.40. The Morgan fingerprint density at radius 3 is 2.50 bits per heavy atom. The number of rotatable bonds is 5. The summed E-state index contributed by atoms with van der Waals surface area (Å²) in [6.45, 7) is 2.07. The average molecular weight is 268 g/mol. The lowest BCUT2D eigenvalue weighted by atomic mass is 9.99. The molecule has 1 aliphatic rings. The minimum absolute atomic E-state index is 0.164. The molecule has 0 spiro atoms. The normalized spacial score (nSPS) is 15.9. The van der Waals surface area contributed by atoms with Gasteiger partial charge in [-0.25, -0.2) is 0 Å². The van der Waals surface area contributed by atoms with E-state index in [-0.39, 0.29) is 6.04 Å². The van der Waals surface area contributed by atoms with E-state index in [1.807, 2.05) is 19.4 Å². The van der Waals surface area contributed by atoms with E-state index in [1.54, 1.807) is 0 Å². The summed E-state index contributed by atoms with van der Waals surface area (Å²) in [6, 6.07) is 10.7. The van der Waals surface area contributed by atoms with Gasteiger partial charge in [0.1, 0.15) is 5.75 Å². The van der Waals surface area contributed by atoms with Gasteiger partial charge in [-0.15, -0.1) is 0 Å². The number of nitrogens with zero attached hydrogens (tertiary/aromatic N) is 1. The Morgan fingerprint density at radius 2 is 1.90 bits per heavy atom. The van der Waals surface area contributed by atoms with E-state index in [9.17, 15) is 0 Å². The van der Waals surface area contributed by atoms with Gasteiger partial charge in [0.2, 0.25) is 0 Å². The molecule has 104 valence electrons. The van der Waals surface area contributed by atoms with Gasteiger partial charge < -0.3 is 10.1 Å². The monoisotopic (exact) mass is 268 g/mol. The molecular formula is C17H20N2O. The number of ether oxygens (including phenoxy) is 1. The lowest BCUT2D eigenvalue weighted by Gasteiger charge is -2.17. The summed E-state index contributed by atoms with van der Waals surface area (Å²) in [7, 11) is 1.97. The molecule has 0 aliphatic heterocycles.